The van der Waals surface area contributed by atoms with Crippen molar-refractivity contribution in [3.8, 4) is 0 Å². The van der Waals surface area contributed by atoms with E-state index in [0.29, 0.717) is 0 Å². The highest BCUT2D eigenvalue weighted by atomic mass is 16.5. The van der Waals surface area contributed by atoms with Gasteiger partial charge in [-0.2, -0.15) is 0 Å². The van der Waals surface area contributed by atoms with Crippen molar-refractivity contribution in [2.75, 3.05) is 7.11 Å². The van der Waals surface area contributed by atoms with Gasteiger partial charge in [0.2, 0.25) is 0 Å². The number of hydrogen-bond acceptors (Lipinski definition) is 2. The fourth-order valence-electron chi connectivity index (χ4n) is 3.89. The SMILES string of the molecule is C=C/C=C\C(=C/C)C12CCC(C(=O)OC)(CC1)CC2.CC. The summed E-state index contributed by atoms with van der Waals surface area (Å²) in [7, 11) is 1.51. The maximum Gasteiger partial charge on any atom is 0.311 e. The zero-order valence-electron chi connectivity index (χ0n) is 14.1. The minimum Gasteiger partial charge on any atom is -0.469 e. The molecular formula is C19H30O2. The van der Waals surface area contributed by atoms with Crippen LogP contribution in [-0.2, 0) is 9.53 Å². The van der Waals surface area contributed by atoms with E-state index in [-0.39, 0.29) is 16.8 Å². The number of carbonyl (C=O) groups is 1. The van der Waals surface area contributed by atoms with Crippen molar-refractivity contribution >= 4 is 5.97 Å². The number of hydrogen-bond donors (Lipinski definition) is 0. The van der Waals surface area contributed by atoms with E-state index < -0.39 is 0 Å². The van der Waals surface area contributed by atoms with Gasteiger partial charge in [-0.05, 0) is 56.4 Å². The van der Waals surface area contributed by atoms with Crippen LogP contribution in [-0.4, -0.2) is 13.1 Å². The molecule has 118 valence electrons. The largest absolute Gasteiger partial charge is 0.469 e. The molecule has 2 nitrogen and oxygen atoms in total. The van der Waals surface area contributed by atoms with Gasteiger partial charge >= 0.3 is 5.97 Å². The monoisotopic (exact) mass is 290 g/mol. The molecule has 0 aliphatic heterocycles. The van der Waals surface area contributed by atoms with Gasteiger partial charge in [0.25, 0.3) is 0 Å². The molecule has 0 atom stereocenters. The van der Waals surface area contributed by atoms with Gasteiger partial charge < -0.3 is 4.74 Å². The van der Waals surface area contributed by atoms with E-state index in [1.807, 2.05) is 26.0 Å². The zero-order valence-corrected chi connectivity index (χ0v) is 14.1. The number of carbonyl (C=O) groups excluding carboxylic acids is 1. The van der Waals surface area contributed by atoms with Gasteiger partial charge in [-0.25, -0.2) is 0 Å². The predicted molar refractivity (Wildman–Crippen MR) is 89.0 cm³/mol. The van der Waals surface area contributed by atoms with Gasteiger partial charge in [-0.15, -0.1) is 0 Å². The topological polar surface area (TPSA) is 26.3 Å². The molecule has 0 aromatic heterocycles. The molecule has 3 fully saturated rings. The Balaban J connectivity index is 0.00000106. The molecule has 0 spiro atoms. The first-order chi connectivity index (χ1) is 10.1. The number of fused-ring (bicyclic) bond motifs is 3. The van der Waals surface area contributed by atoms with Gasteiger partial charge in [0, 0.05) is 0 Å². The lowest BCUT2D eigenvalue weighted by Crippen LogP contribution is -2.46. The Hall–Kier alpha value is -1.31. The summed E-state index contributed by atoms with van der Waals surface area (Å²) >= 11 is 0. The van der Waals surface area contributed by atoms with Crippen LogP contribution < -0.4 is 0 Å². The molecule has 0 amide bonds. The predicted octanol–water partition coefficient (Wildman–Crippen LogP) is 5.21. The second kappa shape index (κ2) is 7.63. The van der Waals surface area contributed by atoms with Gasteiger partial charge in [-0.1, -0.05) is 44.7 Å². The number of allylic oxidation sites excluding steroid dienone is 5. The summed E-state index contributed by atoms with van der Waals surface area (Å²) in [4.78, 5) is 12.0. The molecule has 3 aliphatic carbocycles. The average molecular weight is 290 g/mol. The Morgan fingerprint density at radius 1 is 1.05 bits per heavy atom. The molecule has 0 saturated heterocycles. The first-order valence-electron chi connectivity index (χ1n) is 8.17. The molecule has 3 rings (SSSR count). The molecule has 2 heteroatoms. The van der Waals surface area contributed by atoms with Crippen LogP contribution >= 0.6 is 0 Å². The second-order valence-electron chi connectivity index (χ2n) is 5.89. The maximum atomic E-state index is 12.0. The summed E-state index contributed by atoms with van der Waals surface area (Å²) in [5.74, 6) is 0.00413. The molecule has 0 aromatic carbocycles. The molecule has 0 aromatic rings. The van der Waals surface area contributed by atoms with Crippen molar-refractivity contribution in [3.63, 3.8) is 0 Å². The first kappa shape index (κ1) is 17.7. The van der Waals surface area contributed by atoms with Crippen LogP contribution in [0.15, 0.2) is 36.5 Å². The third kappa shape index (κ3) is 3.30. The van der Waals surface area contributed by atoms with Crippen LogP contribution in [0.4, 0.5) is 0 Å². The second-order valence-corrected chi connectivity index (χ2v) is 5.89. The van der Waals surface area contributed by atoms with Crippen LogP contribution in [0.1, 0.15) is 59.3 Å². The third-order valence-corrected chi connectivity index (χ3v) is 5.20. The van der Waals surface area contributed by atoms with Crippen molar-refractivity contribution in [3.05, 3.63) is 36.5 Å². The number of rotatable bonds is 4. The molecule has 3 aliphatic rings. The van der Waals surface area contributed by atoms with Crippen LogP contribution in [0.3, 0.4) is 0 Å². The Morgan fingerprint density at radius 2 is 1.52 bits per heavy atom. The van der Waals surface area contributed by atoms with Gasteiger partial charge in [0.15, 0.2) is 0 Å². The lowest BCUT2D eigenvalue weighted by Gasteiger charge is -2.52. The van der Waals surface area contributed by atoms with Crippen molar-refractivity contribution < 1.29 is 9.53 Å². The lowest BCUT2D eigenvalue weighted by atomic mass is 9.51. The summed E-state index contributed by atoms with van der Waals surface area (Å²) in [5, 5.41) is 0. The highest BCUT2D eigenvalue weighted by Gasteiger charge is 2.53. The maximum absolute atomic E-state index is 12.0. The standard InChI is InChI=1S/C17H24O2.C2H6/c1-4-6-7-14(5-2)16-8-11-17(12-9-16,13-10-16)15(18)19-3;1-2/h4-7H,1,8-13H2,2-3H3;1-2H3/b7-6-,14-5+;. The smallest absolute Gasteiger partial charge is 0.311 e. The molecule has 0 N–H and O–H groups in total. The van der Waals surface area contributed by atoms with Crippen molar-refractivity contribution in [2.24, 2.45) is 10.8 Å². The third-order valence-electron chi connectivity index (χ3n) is 5.20. The molecule has 2 bridgehead atoms. The highest BCUT2D eigenvalue weighted by Crippen LogP contribution is 2.60. The Labute approximate surface area is 130 Å². The van der Waals surface area contributed by atoms with Gasteiger partial charge in [0.05, 0.1) is 12.5 Å². The highest BCUT2D eigenvalue weighted by molar-refractivity contribution is 5.77. The van der Waals surface area contributed by atoms with E-state index in [0.717, 1.165) is 38.5 Å². The molecule has 0 radical (unpaired) electrons. The minimum absolute atomic E-state index is 0.00413. The normalized spacial score (nSPS) is 31.5. The van der Waals surface area contributed by atoms with Crippen LogP contribution in [0.2, 0.25) is 0 Å². The van der Waals surface area contributed by atoms with E-state index in [2.05, 4.69) is 25.7 Å². The lowest BCUT2D eigenvalue weighted by molar-refractivity contribution is -0.161. The van der Waals surface area contributed by atoms with Crippen LogP contribution in [0.5, 0.6) is 0 Å². The van der Waals surface area contributed by atoms with Gasteiger partial charge in [0.1, 0.15) is 0 Å². The van der Waals surface area contributed by atoms with E-state index in [4.69, 9.17) is 4.74 Å². The van der Waals surface area contributed by atoms with E-state index in [9.17, 15) is 4.79 Å². The summed E-state index contributed by atoms with van der Waals surface area (Å²) < 4.78 is 5.01. The fourth-order valence-corrected chi connectivity index (χ4v) is 3.89. The van der Waals surface area contributed by atoms with Crippen LogP contribution in [0.25, 0.3) is 0 Å². The summed E-state index contributed by atoms with van der Waals surface area (Å²) in [6.45, 7) is 9.85. The first-order valence-corrected chi connectivity index (χ1v) is 8.17. The van der Waals surface area contributed by atoms with Crippen molar-refractivity contribution in [1.82, 2.24) is 0 Å². The Kier molecular flexibility index (Phi) is 6.44. The fraction of sp³-hybridized carbons (Fsp3) is 0.632. The Bertz CT molecular complexity index is 404. The number of ether oxygens (including phenoxy) is 1. The summed E-state index contributed by atoms with van der Waals surface area (Å²) in [6.07, 6.45) is 14.5. The van der Waals surface area contributed by atoms with Crippen molar-refractivity contribution in [1.29, 1.82) is 0 Å². The number of methoxy groups -OCH3 is 1. The molecule has 3 saturated carbocycles. The molecule has 0 heterocycles. The zero-order chi connectivity index (χ0) is 15.9. The molecule has 21 heavy (non-hydrogen) atoms. The van der Waals surface area contributed by atoms with E-state index in [1.54, 1.807) is 0 Å². The van der Waals surface area contributed by atoms with Gasteiger partial charge in [-0.3, -0.25) is 4.79 Å². The Morgan fingerprint density at radius 3 is 1.90 bits per heavy atom. The van der Waals surface area contributed by atoms with E-state index >= 15 is 0 Å². The number of esters is 1. The minimum atomic E-state index is -0.183. The average Bonchev–Trinajstić information content (AvgIpc) is 2.58. The molecular weight excluding hydrogens is 260 g/mol. The summed E-state index contributed by atoms with van der Waals surface area (Å²) in [6, 6.07) is 0. The van der Waals surface area contributed by atoms with Crippen LogP contribution in [0, 0.1) is 10.8 Å². The molecule has 0 unspecified atom stereocenters. The summed E-state index contributed by atoms with van der Waals surface area (Å²) in [5.41, 5.74) is 1.51. The van der Waals surface area contributed by atoms with E-state index in [1.165, 1.54) is 12.7 Å². The quantitative estimate of drug-likeness (QED) is 0.524. The van der Waals surface area contributed by atoms with Crippen molar-refractivity contribution in [2.45, 2.75) is 59.3 Å².